The Morgan fingerprint density at radius 3 is 2.74 bits per heavy atom. The summed E-state index contributed by atoms with van der Waals surface area (Å²) >= 11 is 4.60. The Hall–Kier alpha value is -2.19. The van der Waals surface area contributed by atoms with E-state index in [0.717, 1.165) is 4.47 Å². The molecular weight excluding hydrogens is 433 g/mol. The number of anilines is 1. The van der Waals surface area contributed by atoms with Crippen LogP contribution in [0.1, 0.15) is 13.3 Å². The van der Waals surface area contributed by atoms with Gasteiger partial charge in [-0.25, -0.2) is 9.38 Å². The predicted molar refractivity (Wildman–Crippen MR) is 110 cm³/mol. The summed E-state index contributed by atoms with van der Waals surface area (Å²) in [5, 5.41) is 2.69. The number of rotatable bonds is 4. The molecule has 1 atom stereocenters. The molecule has 0 aliphatic carbocycles. The van der Waals surface area contributed by atoms with E-state index < -0.39 is 5.25 Å². The number of carbonyl (C=O) groups excluding carboxylic acids is 2. The Morgan fingerprint density at radius 2 is 2.07 bits per heavy atom. The lowest BCUT2D eigenvalue weighted by molar-refractivity contribution is -0.129. The van der Waals surface area contributed by atoms with E-state index in [1.807, 2.05) is 19.1 Å². The van der Waals surface area contributed by atoms with Crippen LogP contribution in [0, 0.1) is 5.82 Å². The molecular formula is C19H17BrFN3O2S. The first kappa shape index (κ1) is 19.6. The highest BCUT2D eigenvalue weighted by Gasteiger charge is 2.35. The number of aliphatic imine (C=N–C) groups is 1. The van der Waals surface area contributed by atoms with Gasteiger partial charge < -0.3 is 5.32 Å². The second-order valence-electron chi connectivity index (χ2n) is 5.82. The van der Waals surface area contributed by atoms with Gasteiger partial charge in [0, 0.05) is 23.1 Å². The van der Waals surface area contributed by atoms with Crippen LogP contribution in [0.3, 0.4) is 0 Å². The monoisotopic (exact) mass is 449 g/mol. The Bertz CT molecular complexity index is 889. The van der Waals surface area contributed by atoms with Gasteiger partial charge in [0.1, 0.15) is 11.1 Å². The van der Waals surface area contributed by atoms with E-state index in [-0.39, 0.29) is 24.1 Å². The molecule has 1 saturated heterocycles. The average molecular weight is 450 g/mol. The van der Waals surface area contributed by atoms with E-state index in [2.05, 4.69) is 26.2 Å². The van der Waals surface area contributed by atoms with Crippen molar-refractivity contribution in [1.29, 1.82) is 0 Å². The molecule has 140 valence electrons. The highest BCUT2D eigenvalue weighted by Crippen LogP contribution is 2.30. The normalized spacial score (nSPS) is 18.6. The third-order valence-corrected chi connectivity index (χ3v) is 5.57. The molecule has 1 fully saturated rings. The molecule has 1 heterocycles. The number of benzene rings is 2. The molecule has 1 aliphatic heterocycles. The minimum absolute atomic E-state index is 0.0980. The summed E-state index contributed by atoms with van der Waals surface area (Å²) in [5.74, 6) is -0.773. The van der Waals surface area contributed by atoms with E-state index in [0.29, 0.717) is 23.1 Å². The van der Waals surface area contributed by atoms with Crippen LogP contribution in [0.15, 0.2) is 58.0 Å². The minimum Gasteiger partial charge on any atom is -0.325 e. The molecule has 5 nitrogen and oxygen atoms in total. The van der Waals surface area contributed by atoms with E-state index in [1.165, 1.54) is 40.9 Å². The van der Waals surface area contributed by atoms with Crippen molar-refractivity contribution in [3.8, 4) is 0 Å². The van der Waals surface area contributed by atoms with Crippen molar-refractivity contribution < 1.29 is 14.0 Å². The van der Waals surface area contributed by atoms with Crippen LogP contribution in [0.25, 0.3) is 0 Å². The zero-order valence-corrected chi connectivity index (χ0v) is 16.9. The summed E-state index contributed by atoms with van der Waals surface area (Å²) in [6.45, 7) is 2.30. The molecule has 0 aromatic heterocycles. The number of amides is 2. The Kier molecular flexibility index (Phi) is 6.28. The van der Waals surface area contributed by atoms with Gasteiger partial charge in [-0.3, -0.25) is 14.5 Å². The number of thioether (sulfide) groups is 1. The van der Waals surface area contributed by atoms with Crippen molar-refractivity contribution in [2.75, 3.05) is 11.9 Å². The summed E-state index contributed by atoms with van der Waals surface area (Å²) in [6.07, 6.45) is 0.0980. The molecule has 2 amide bonds. The third kappa shape index (κ3) is 4.95. The molecule has 2 aromatic carbocycles. The molecule has 27 heavy (non-hydrogen) atoms. The summed E-state index contributed by atoms with van der Waals surface area (Å²) in [6, 6.07) is 12.9. The van der Waals surface area contributed by atoms with E-state index in [9.17, 15) is 14.0 Å². The first-order valence-electron chi connectivity index (χ1n) is 8.34. The molecule has 3 rings (SSSR count). The maximum absolute atomic E-state index is 13.1. The second kappa shape index (κ2) is 8.67. The zero-order valence-electron chi connectivity index (χ0n) is 14.5. The fraction of sp³-hybridized carbons (Fsp3) is 0.211. The van der Waals surface area contributed by atoms with Crippen LogP contribution in [0.5, 0.6) is 0 Å². The standard InChI is InChI=1S/C19H17BrFN3O2S/c1-2-24-17(25)11-16(18(26)22-15-5-3-4-12(20)10-15)27-19(24)23-14-8-6-13(21)7-9-14/h3-10,16H,2,11H2,1H3,(H,22,26). The Morgan fingerprint density at radius 1 is 1.33 bits per heavy atom. The minimum atomic E-state index is -0.585. The number of hydrogen-bond donors (Lipinski definition) is 1. The number of nitrogens with zero attached hydrogens (tertiary/aromatic N) is 2. The van der Waals surface area contributed by atoms with Gasteiger partial charge >= 0.3 is 0 Å². The van der Waals surface area contributed by atoms with Gasteiger partial charge in [-0.2, -0.15) is 0 Å². The lowest BCUT2D eigenvalue weighted by Crippen LogP contribution is -2.45. The number of halogens is 2. The molecule has 2 aromatic rings. The summed E-state index contributed by atoms with van der Waals surface area (Å²) in [5.41, 5.74) is 1.18. The number of carbonyl (C=O) groups is 2. The number of nitrogens with one attached hydrogen (secondary N) is 1. The van der Waals surface area contributed by atoms with Gasteiger partial charge in [0.05, 0.1) is 5.69 Å². The van der Waals surface area contributed by atoms with E-state index in [1.54, 1.807) is 12.1 Å². The molecule has 8 heteroatoms. The average Bonchev–Trinajstić information content (AvgIpc) is 2.63. The molecule has 1 aliphatic rings. The molecule has 0 bridgehead atoms. The maximum atomic E-state index is 13.1. The van der Waals surface area contributed by atoms with Crippen LogP contribution in [-0.4, -0.2) is 33.7 Å². The summed E-state index contributed by atoms with van der Waals surface area (Å²) in [4.78, 5) is 31.1. The maximum Gasteiger partial charge on any atom is 0.238 e. The summed E-state index contributed by atoms with van der Waals surface area (Å²) in [7, 11) is 0. The molecule has 1 N–H and O–H groups in total. The first-order valence-corrected chi connectivity index (χ1v) is 10.0. The molecule has 0 spiro atoms. The van der Waals surface area contributed by atoms with Gasteiger partial charge in [-0.05, 0) is 49.4 Å². The summed E-state index contributed by atoms with van der Waals surface area (Å²) < 4.78 is 13.9. The quantitative estimate of drug-likeness (QED) is 0.743. The fourth-order valence-electron chi connectivity index (χ4n) is 2.57. The van der Waals surface area contributed by atoms with Gasteiger partial charge in [0.2, 0.25) is 11.8 Å². The van der Waals surface area contributed by atoms with Crippen molar-refractivity contribution >= 4 is 56.0 Å². The van der Waals surface area contributed by atoms with E-state index in [4.69, 9.17) is 0 Å². The van der Waals surface area contributed by atoms with Gasteiger partial charge in [-0.15, -0.1) is 0 Å². The largest absolute Gasteiger partial charge is 0.325 e. The molecule has 0 radical (unpaired) electrons. The smallest absolute Gasteiger partial charge is 0.238 e. The second-order valence-corrected chi connectivity index (χ2v) is 7.90. The fourth-order valence-corrected chi connectivity index (χ4v) is 4.13. The van der Waals surface area contributed by atoms with Crippen LogP contribution in [0.4, 0.5) is 15.8 Å². The predicted octanol–water partition coefficient (Wildman–Crippen LogP) is 4.57. The third-order valence-electron chi connectivity index (χ3n) is 3.89. The zero-order chi connectivity index (χ0) is 19.4. The van der Waals surface area contributed by atoms with Gasteiger partial charge in [0.15, 0.2) is 5.17 Å². The first-order chi connectivity index (χ1) is 13.0. The van der Waals surface area contributed by atoms with Crippen LogP contribution >= 0.6 is 27.7 Å². The van der Waals surface area contributed by atoms with Crippen molar-refractivity contribution in [2.24, 2.45) is 4.99 Å². The highest BCUT2D eigenvalue weighted by atomic mass is 79.9. The topological polar surface area (TPSA) is 61.8 Å². The van der Waals surface area contributed by atoms with Crippen LogP contribution < -0.4 is 5.32 Å². The lowest BCUT2D eigenvalue weighted by atomic mass is 10.2. The van der Waals surface area contributed by atoms with E-state index >= 15 is 0 Å². The Balaban J connectivity index is 1.80. The van der Waals surface area contributed by atoms with Crippen LogP contribution in [-0.2, 0) is 9.59 Å². The van der Waals surface area contributed by atoms with Gasteiger partial charge in [-0.1, -0.05) is 33.8 Å². The molecule has 1 unspecified atom stereocenters. The van der Waals surface area contributed by atoms with Crippen LogP contribution in [0.2, 0.25) is 0 Å². The highest BCUT2D eigenvalue weighted by molar-refractivity contribution is 9.10. The van der Waals surface area contributed by atoms with Crippen molar-refractivity contribution in [2.45, 2.75) is 18.6 Å². The van der Waals surface area contributed by atoms with Gasteiger partial charge in [0.25, 0.3) is 0 Å². The van der Waals surface area contributed by atoms with Crippen molar-refractivity contribution in [3.63, 3.8) is 0 Å². The number of hydrogen-bond acceptors (Lipinski definition) is 4. The SMILES string of the molecule is CCN1C(=O)CC(C(=O)Nc2cccc(Br)c2)SC1=Nc1ccc(F)cc1. The number of amidine groups is 1. The Labute approximate surface area is 169 Å². The molecule has 0 saturated carbocycles. The van der Waals surface area contributed by atoms with Crippen molar-refractivity contribution in [1.82, 2.24) is 4.90 Å². The lowest BCUT2D eigenvalue weighted by Gasteiger charge is -2.30. The van der Waals surface area contributed by atoms with Crippen molar-refractivity contribution in [3.05, 3.63) is 58.8 Å².